The molecule has 17 heavy (non-hydrogen) atoms. The molecule has 0 aliphatic carbocycles. The normalized spacial score (nSPS) is 24.2. The number of nitrogens with zero attached hydrogens (tertiary/aromatic N) is 1. The van der Waals surface area contributed by atoms with E-state index in [9.17, 15) is 5.11 Å². The van der Waals surface area contributed by atoms with Gasteiger partial charge in [0.05, 0.1) is 30.9 Å². The molecule has 5 heteroatoms. The van der Waals surface area contributed by atoms with E-state index in [1.807, 2.05) is 12.1 Å². The number of aromatic nitrogens is 1. The van der Waals surface area contributed by atoms with Gasteiger partial charge in [0.2, 0.25) is 0 Å². The van der Waals surface area contributed by atoms with Crippen LogP contribution in [0.25, 0.3) is 0 Å². The SMILES string of the molecule is COCc1cc(Br)nc(C2(CO)CCOC2)c1. The predicted octanol–water partition coefficient (Wildman–Crippen LogP) is 1.64. The van der Waals surface area contributed by atoms with Crippen LogP contribution in [0.2, 0.25) is 0 Å². The van der Waals surface area contributed by atoms with E-state index in [1.165, 1.54) is 0 Å². The molecule has 1 aliphatic rings. The molecule has 0 spiro atoms. The topological polar surface area (TPSA) is 51.6 Å². The van der Waals surface area contributed by atoms with E-state index in [0.717, 1.165) is 22.3 Å². The van der Waals surface area contributed by atoms with E-state index >= 15 is 0 Å². The summed E-state index contributed by atoms with van der Waals surface area (Å²) in [5.41, 5.74) is 1.56. The summed E-state index contributed by atoms with van der Waals surface area (Å²) in [4.78, 5) is 4.46. The van der Waals surface area contributed by atoms with Crippen molar-refractivity contribution < 1.29 is 14.6 Å². The zero-order chi connectivity index (χ0) is 12.3. The second kappa shape index (κ2) is 5.44. The summed E-state index contributed by atoms with van der Waals surface area (Å²) < 4.78 is 11.3. The number of pyridine rings is 1. The Hall–Kier alpha value is -0.490. The average Bonchev–Trinajstić information content (AvgIpc) is 2.78. The molecule has 1 saturated heterocycles. The number of rotatable bonds is 4. The van der Waals surface area contributed by atoms with Gasteiger partial charge < -0.3 is 14.6 Å². The molecule has 0 saturated carbocycles. The second-order valence-corrected chi connectivity index (χ2v) is 5.17. The summed E-state index contributed by atoms with van der Waals surface area (Å²) in [6, 6.07) is 3.91. The first-order chi connectivity index (χ1) is 8.20. The Balaban J connectivity index is 2.36. The molecule has 2 rings (SSSR count). The van der Waals surface area contributed by atoms with Crippen molar-refractivity contribution in [3.05, 3.63) is 28.0 Å². The van der Waals surface area contributed by atoms with Crippen molar-refractivity contribution in [2.45, 2.75) is 18.4 Å². The van der Waals surface area contributed by atoms with E-state index < -0.39 is 0 Å². The molecule has 1 aromatic heterocycles. The van der Waals surface area contributed by atoms with Crippen LogP contribution in [0.5, 0.6) is 0 Å². The fraction of sp³-hybridized carbons (Fsp3) is 0.583. The molecule has 1 aliphatic heterocycles. The van der Waals surface area contributed by atoms with Gasteiger partial charge in [0.15, 0.2) is 0 Å². The molecular formula is C12H16BrNO3. The molecule has 1 unspecified atom stereocenters. The zero-order valence-electron chi connectivity index (χ0n) is 9.78. The van der Waals surface area contributed by atoms with Crippen molar-refractivity contribution in [3.8, 4) is 0 Å². The lowest BCUT2D eigenvalue weighted by Crippen LogP contribution is -2.32. The highest BCUT2D eigenvalue weighted by molar-refractivity contribution is 9.10. The van der Waals surface area contributed by atoms with E-state index in [2.05, 4.69) is 20.9 Å². The fourth-order valence-corrected chi connectivity index (χ4v) is 2.57. The second-order valence-electron chi connectivity index (χ2n) is 4.36. The summed E-state index contributed by atoms with van der Waals surface area (Å²) in [7, 11) is 1.66. The Kier molecular flexibility index (Phi) is 4.14. The Labute approximate surface area is 109 Å². The highest BCUT2D eigenvalue weighted by Gasteiger charge is 2.37. The van der Waals surface area contributed by atoms with Gasteiger partial charge in [-0.2, -0.15) is 0 Å². The first-order valence-corrected chi connectivity index (χ1v) is 6.34. The quantitative estimate of drug-likeness (QED) is 0.859. The molecule has 1 atom stereocenters. The van der Waals surface area contributed by atoms with E-state index in [0.29, 0.717) is 19.8 Å². The smallest absolute Gasteiger partial charge is 0.106 e. The molecule has 4 nitrogen and oxygen atoms in total. The van der Waals surface area contributed by atoms with Gasteiger partial charge in [0.1, 0.15) is 4.60 Å². The summed E-state index contributed by atoms with van der Waals surface area (Å²) in [5, 5.41) is 9.62. The molecule has 1 aromatic rings. The summed E-state index contributed by atoms with van der Waals surface area (Å²) in [6.07, 6.45) is 0.805. The average molecular weight is 302 g/mol. The van der Waals surface area contributed by atoms with Gasteiger partial charge in [-0.3, -0.25) is 0 Å². The Morgan fingerprint density at radius 1 is 1.59 bits per heavy atom. The summed E-state index contributed by atoms with van der Waals surface area (Å²) in [6.45, 7) is 1.80. The number of ether oxygens (including phenoxy) is 2. The molecule has 0 aromatic carbocycles. The number of aliphatic hydroxyl groups is 1. The van der Waals surface area contributed by atoms with Crippen LogP contribution in [0.4, 0.5) is 0 Å². The van der Waals surface area contributed by atoms with Gasteiger partial charge in [-0.15, -0.1) is 0 Å². The maximum Gasteiger partial charge on any atom is 0.106 e. The third-order valence-electron chi connectivity index (χ3n) is 3.11. The molecule has 1 N–H and O–H groups in total. The van der Waals surface area contributed by atoms with Crippen molar-refractivity contribution in [1.29, 1.82) is 0 Å². The first-order valence-electron chi connectivity index (χ1n) is 5.55. The highest BCUT2D eigenvalue weighted by Crippen LogP contribution is 2.33. The third kappa shape index (κ3) is 2.68. The van der Waals surface area contributed by atoms with Crippen LogP contribution in [0.3, 0.4) is 0 Å². The largest absolute Gasteiger partial charge is 0.395 e. The van der Waals surface area contributed by atoms with Crippen LogP contribution >= 0.6 is 15.9 Å². The molecular weight excluding hydrogens is 286 g/mol. The minimum Gasteiger partial charge on any atom is -0.395 e. The van der Waals surface area contributed by atoms with Gasteiger partial charge >= 0.3 is 0 Å². The molecule has 0 radical (unpaired) electrons. The summed E-state index contributed by atoms with van der Waals surface area (Å²) >= 11 is 3.39. The van der Waals surface area contributed by atoms with Crippen LogP contribution in [0.15, 0.2) is 16.7 Å². The van der Waals surface area contributed by atoms with Crippen molar-refractivity contribution >= 4 is 15.9 Å². The van der Waals surface area contributed by atoms with Gasteiger partial charge in [-0.05, 0) is 40.0 Å². The zero-order valence-corrected chi connectivity index (χ0v) is 11.4. The number of methoxy groups -OCH3 is 1. The number of hydrogen-bond donors (Lipinski definition) is 1. The van der Waals surface area contributed by atoms with Crippen LogP contribution in [-0.2, 0) is 21.5 Å². The monoisotopic (exact) mass is 301 g/mol. The molecule has 1 fully saturated rings. The van der Waals surface area contributed by atoms with Crippen LogP contribution in [-0.4, -0.2) is 37.0 Å². The maximum absolute atomic E-state index is 9.62. The van der Waals surface area contributed by atoms with Crippen molar-refractivity contribution in [2.75, 3.05) is 26.9 Å². The molecule has 0 amide bonds. The molecule has 2 heterocycles. The standard InChI is InChI=1S/C12H16BrNO3/c1-16-6-9-4-10(14-11(13)5-9)12(7-15)2-3-17-8-12/h4-5,15H,2-3,6-8H2,1H3. The van der Waals surface area contributed by atoms with Crippen molar-refractivity contribution in [2.24, 2.45) is 0 Å². The number of hydrogen-bond acceptors (Lipinski definition) is 4. The van der Waals surface area contributed by atoms with E-state index in [-0.39, 0.29) is 12.0 Å². The van der Waals surface area contributed by atoms with Gasteiger partial charge in [-0.25, -0.2) is 4.98 Å². The van der Waals surface area contributed by atoms with E-state index in [1.54, 1.807) is 7.11 Å². The third-order valence-corrected chi connectivity index (χ3v) is 3.52. The molecule has 0 bridgehead atoms. The van der Waals surface area contributed by atoms with Crippen molar-refractivity contribution in [1.82, 2.24) is 4.98 Å². The fourth-order valence-electron chi connectivity index (χ4n) is 2.09. The van der Waals surface area contributed by atoms with Gasteiger partial charge in [0, 0.05) is 13.7 Å². The van der Waals surface area contributed by atoms with Gasteiger partial charge in [0.25, 0.3) is 0 Å². The molecule has 94 valence electrons. The van der Waals surface area contributed by atoms with Crippen LogP contribution < -0.4 is 0 Å². The Bertz CT molecular complexity index is 391. The number of aliphatic hydroxyl groups excluding tert-OH is 1. The van der Waals surface area contributed by atoms with Crippen molar-refractivity contribution in [3.63, 3.8) is 0 Å². The highest BCUT2D eigenvalue weighted by atomic mass is 79.9. The van der Waals surface area contributed by atoms with Crippen LogP contribution in [0, 0.1) is 0 Å². The lowest BCUT2D eigenvalue weighted by atomic mass is 9.84. The Morgan fingerprint density at radius 2 is 2.41 bits per heavy atom. The summed E-state index contributed by atoms with van der Waals surface area (Å²) in [5.74, 6) is 0. The lowest BCUT2D eigenvalue weighted by molar-refractivity contribution is 0.138. The first kappa shape index (κ1) is 13.0. The minimum absolute atomic E-state index is 0.0584. The maximum atomic E-state index is 9.62. The van der Waals surface area contributed by atoms with Crippen LogP contribution in [0.1, 0.15) is 17.7 Å². The van der Waals surface area contributed by atoms with E-state index in [4.69, 9.17) is 9.47 Å². The van der Waals surface area contributed by atoms with Gasteiger partial charge in [-0.1, -0.05) is 0 Å². The number of halogens is 1. The minimum atomic E-state index is -0.355. The predicted molar refractivity (Wildman–Crippen MR) is 66.8 cm³/mol. The Morgan fingerprint density at radius 3 is 3.00 bits per heavy atom. The lowest BCUT2D eigenvalue weighted by Gasteiger charge is -2.24.